The van der Waals surface area contributed by atoms with Crippen LogP contribution in [0.15, 0.2) is 29.0 Å². The summed E-state index contributed by atoms with van der Waals surface area (Å²) in [5.74, 6) is 0.753. The minimum atomic E-state index is -0.574. The predicted molar refractivity (Wildman–Crippen MR) is 70.8 cm³/mol. The smallest absolute Gasteiger partial charge is 0.129 e. The number of hydrogen-bond donors (Lipinski definition) is 2. The Morgan fingerprint density at radius 2 is 2.42 bits per heavy atom. The zero-order valence-corrected chi connectivity index (χ0v) is 11.2. The molecule has 1 atom stereocenters. The lowest BCUT2D eigenvalue weighted by Gasteiger charge is -2.12. The SMILES string of the molecule is Cc1nn(C)cc1NCC(O)COCc1ccco1. The number of ether oxygens (including phenoxy) is 1. The summed E-state index contributed by atoms with van der Waals surface area (Å²) in [6.07, 6.45) is 2.91. The van der Waals surface area contributed by atoms with Gasteiger partial charge < -0.3 is 19.6 Å². The molecule has 1 unspecified atom stereocenters. The number of anilines is 1. The number of rotatable bonds is 7. The van der Waals surface area contributed by atoms with E-state index in [9.17, 15) is 5.11 Å². The van der Waals surface area contributed by atoms with Crippen molar-refractivity contribution in [3.05, 3.63) is 36.0 Å². The zero-order valence-electron chi connectivity index (χ0n) is 11.2. The summed E-state index contributed by atoms with van der Waals surface area (Å²) in [4.78, 5) is 0. The van der Waals surface area contributed by atoms with Crippen LogP contribution in [0, 0.1) is 6.92 Å². The molecule has 0 aliphatic heterocycles. The van der Waals surface area contributed by atoms with Gasteiger partial charge in [0.25, 0.3) is 0 Å². The molecule has 0 bridgehead atoms. The second kappa shape index (κ2) is 6.40. The number of aromatic nitrogens is 2. The standard InChI is InChI=1S/C13H19N3O3/c1-10-13(7-16(2)15-10)14-6-11(17)8-18-9-12-4-3-5-19-12/h3-5,7,11,14,17H,6,8-9H2,1-2H3. The molecule has 0 spiro atoms. The molecular formula is C13H19N3O3. The van der Waals surface area contributed by atoms with Crippen LogP contribution in [0.1, 0.15) is 11.5 Å². The van der Waals surface area contributed by atoms with E-state index in [1.54, 1.807) is 10.9 Å². The van der Waals surface area contributed by atoms with E-state index >= 15 is 0 Å². The highest BCUT2D eigenvalue weighted by Gasteiger charge is 2.07. The van der Waals surface area contributed by atoms with Crippen molar-refractivity contribution in [3.8, 4) is 0 Å². The van der Waals surface area contributed by atoms with Crippen LogP contribution in [0.3, 0.4) is 0 Å². The van der Waals surface area contributed by atoms with Gasteiger partial charge in [0, 0.05) is 19.8 Å². The predicted octanol–water partition coefficient (Wildman–Crippen LogP) is 1.31. The highest BCUT2D eigenvalue weighted by atomic mass is 16.5. The van der Waals surface area contributed by atoms with Gasteiger partial charge in [0.1, 0.15) is 12.4 Å². The molecule has 0 aliphatic rings. The van der Waals surface area contributed by atoms with Crippen molar-refractivity contribution in [2.24, 2.45) is 7.05 Å². The maximum absolute atomic E-state index is 9.79. The Kier molecular flexibility index (Phi) is 4.59. The summed E-state index contributed by atoms with van der Waals surface area (Å²) in [6.45, 7) is 2.97. The minimum Gasteiger partial charge on any atom is -0.467 e. The molecule has 2 aromatic heterocycles. The minimum absolute atomic E-state index is 0.257. The molecule has 6 heteroatoms. The van der Waals surface area contributed by atoms with Crippen molar-refractivity contribution in [3.63, 3.8) is 0 Å². The number of aliphatic hydroxyl groups is 1. The first kappa shape index (κ1) is 13.6. The highest BCUT2D eigenvalue weighted by molar-refractivity contribution is 5.45. The summed E-state index contributed by atoms with van der Waals surface area (Å²) in [7, 11) is 1.86. The normalized spacial score (nSPS) is 12.6. The van der Waals surface area contributed by atoms with Crippen LogP contribution in [0.4, 0.5) is 5.69 Å². The summed E-state index contributed by atoms with van der Waals surface area (Å²) in [6, 6.07) is 3.64. The number of nitrogens with zero attached hydrogens (tertiary/aromatic N) is 2. The summed E-state index contributed by atoms with van der Waals surface area (Å²) in [5.41, 5.74) is 1.83. The van der Waals surface area contributed by atoms with Gasteiger partial charge in [0.2, 0.25) is 0 Å². The average Bonchev–Trinajstić information content (AvgIpc) is 2.97. The molecule has 0 radical (unpaired) electrons. The molecule has 6 nitrogen and oxygen atoms in total. The van der Waals surface area contributed by atoms with E-state index in [4.69, 9.17) is 9.15 Å². The van der Waals surface area contributed by atoms with Gasteiger partial charge in [-0.1, -0.05) is 0 Å². The van der Waals surface area contributed by atoms with Crippen LogP contribution in [0.25, 0.3) is 0 Å². The number of aliphatic hydroxyl groups excluding tert-OH is 1. The van der Waals surface area contributed by atoms with Gasteiger partial charge in [-0.3, -0.25) is 4.68 Å². The van der Waals surface area contributed by atoms with E-state index in [0.717, 1.165) is 17.1 Å². The molecule has 0 aromatic carbocycles. The number of aryl methyl sites for hydroxylation is 2. The Morgan fingerprint density at radius 1 is 1.58 bits per heavy atom. The van der Waals surface area contributed by atoms with Gasteiger partial charge in [-0.05, 0) is 19.1 Å². The van der Waals surface area contributed by atoms with Crippen molar-refractivity contribution in [1.82, 2.24) is 9.78 Å². The first-order chi connectivity index (χ1) is 9.15. The Bertz CT molecular complexity index is 493. The number of hydrogen-bond acceptors (Lipinski definition) is 5. The van der Waals surface area contributed by atoms with E-state index in [2.05, 4.69) is 10.4 Å². The van der Waals surface area contributed by atoms with Gasteiger partial charge in [-0.2, -0.15) is 5.10 Å². The van der Waals surface area contributed by atoms with E-state index in [-0.39, 0.29) is 6.61 Å². The lowest BCUT2D eigenvalue weighted by molar-refractivity contribution is 0.0282. The van der Waals surface area contributed by atoms with Crippen LogP contribution >= 0.6 is 0 Å². The van der Waals surface area contributed by atoms with Crippen molar-refractivity contribution < 1.29 is 14.3 Å². The highest BCUT2D eigenvalue weighted by Crippen LogP contribution is 2.11. The lowest BCUT2D eigenvalue weighted by Crippen LogP contribution is -2.24. The Labute approximate surface area is 112 Å². The molecule has 0 saturated heterocycles. The monoisotopic (exact) mass is 265 g/mol. The zero-order chi connectivity index (χ0) is 13.7. The summed E-state index contributed by atoms with van der Waals surface area (Å²) < 4.78 is 12.2. The number of furan rings is 1. The molecule has 104 valence electrons. The second-order valence-electron chi connectivity index (χ2n) is 4.43. The Morgan fingerprint density at radius 3 is 3.05 bits per heavy atom. The lowest BCUT2D eigenvalue weighted by atomic mass is 10.3. The van der Waals surface area contributed by atoms with Crippen LogP contribution in [-0.4, -0.2) is 34.1 Å². The van der Waals surface area contributed by atoms with Crippen LogP contribution in [-0.2, 0) is 18.4 Å². The fourth-order valence-electron chi connectivity index (χ4n) is 1.75. The quantitative estimate of drug-likeness (QED) is 0.789. The fraction of sp³-hybridized carbons (Fsp3) is 0.462. The van der Waals surface area contributed by atoms with E-state index < -0.39 is 6.10 Å². The van der Waals surface area contributed by atoms with E-state index in [1.807, 2.05) is 32.3 Å². The van der Waals surface area contributed by atoms with Crippen molar-refractivity contribution in [2.75, 3.05) is 18.5 Å². The molecule has 19 heavy (non-hydrogen) atoms. The average molecular weight is 265 g/mol. The first-order valence-electron chi connectivity index (χ1n) is 6.17. The maximum Gasteiger partial charge on any atom is 0.129 e. The molecular weight excluding hydrogens is 246 g/mol. The van der Waals surface area contributed by atoms with Crippen molar-refractivity contribution >= 4 is 5.69 Å². The molecule has 0 saturated carbocycles. The van der Waals surface area contributed by atoms with Gasteiger partial charge in [0.15, 0.2) is 0 Å². The third-order valence-corrected chi connectivity index (χ3v) is 2.68. The van der Waals surface area contributed by atoms with Crippen LogP contribution in [0.2, 0.25) is 0 Å². The third-order valence-electron chi connectivity index (χ3n) is 2.68. The summed E-state index contributed by atoms with van der Waals surface area (Å²) >= 11 is 0. The fourth-order valence-corrected chi connectivity index (χ4v) is 1.75. The third kappa shape index (κ3) is 4.11. The topological polar surface area (TPSA) is 72.5 Å². The second-order valence-corrected chi connectivity index (χ2v) is 4.43. The first-order valence-corrected chi connectivity index (χ1v) is 6.17. The molecule has 0 fully saturated rings. The van der Waals surface area contributed by atoms with E-state index in [0.29, 0.717) is 13.2 Å². The van der Waals surface area contributed by atoms with Gasteiger partial charge in [-0.15, -0.1) is 0 Å². The Hall–Kier alpha value is -1.79. The molecule has 0 amide bonds. The maximum atomic E-state index is 9.79. The Balaban J connectivity index is 1.67. The van der Waals surface area contributed by atoms with E-state index in [1.165, 1.54) is 0 Å². The molecule has 2 N–H and O–H groups in total. The van der Waals surface area contributed by atoms with Gasteiger partial charge >= 0.3 is 0 Å². The van der Waals surface area contributed by atoms with Gasteiger partial charge in [-0.25, -0.2) is 0 Å². The molecule has 2 heterocycles. The number of nitrogens with one attached hydrogen (secondary N) is 1. The van der Waals surface area contributed by atoms with Crippen LogP contribution < -0.4 is 5.32 Å². The molecule has 2 aromatic rings. The van der Waals surface area contributed by atoms with Crippen molar-refractivity contribution in [1.29, 1.82) is 0 Å². The molecule has 2 rings (SSSR count). The van der Waals surface area contributed by atoms with Gasteiger partial charge in [0.05, 0.1) is 30.4 Å². The van der Waals surface area contributed by atoms with Crippen molar-refractivity contribution in [2.45, 2.75) is 19.6 Å². The summed E-state index contributed by atoms with van der Waals surface area (Å²) in [5, 5.41) is 17.1. The molecule has 0 aliphatic carbocycles. The largest absolute Gasteiger partial charge is 0.467 e. The van der Waals surface area contributed by atoms with Crippen LogP contribution in [0.5, 0.6) is 0 Å².